The molecule has 108 valence electrons. The lowest BCUT2D eigenvalue weighted by atomic mass is 9.77. The fraction of sp³-hybridized carbons (Fsp3) is 0.611. The van der Waals surface area contributed by atoms with Crippen LogP contribution in [0, 0.1) is 17.2 Å². The van der Waals surface area contributed by atoms with Gasteiger partial charge in [-0.2, -0.15) is 5.26 Å². The number of ether oxygens (including phenoxy) is 1. The van der Waals surface area contributed by atoms with Gasteiger partial charge >= 0.3 is 0 Å². The van der Waals surface area contributed by atoms with E-state index in [2.05, 4.69) is 25.1 Å². The fourth-order valence-corrected chi connectivity index (χ4v) is 3.11. The normalized spacial score (nSPS) is 22.4. The van der Waals surface area contributed by atoms with Crippen LogP contribution in [-0.4, -0.2) is 13.2 Å². The smallest absolute Gasteiger partial charge is 0.0991 e. The quantitative estimate of drug-likeness (QED) is 0.706. The Balaban J connectivity index is 1.74. The SMILES string of the molecule is CCCOCCC1CCC(c2ccc(C#N)cc2)CC1. The number of hydrogen-bond donors (Lipinski definition) is 0. The van der Waals surface area contributed by atoms with E-state index >= 15 is 0 Å². The third-order valence-corrected chi connectivity index (χ3v) is 4.38. The molecule has 0 heterocycles. The Hall–Kier alpha value is -1.33. The Kier molecular flexibility index (Phi) is 6.08. The highest BCUT2D eigenvalue weighted by Crippen LogP contribution is 2.37. The van der Waals surface area contributed by atoms with Crippen molar-refractivity contribution in [2.75, 3.05) is 13.2 Å². The molecule has 0 aromatic heterocycles. The van der Waals surface area contributed by atoms with E-state index in [1.807, 2.05) is 12.1 Å². The van der Waals surface area contributed by atoms with Gasteiger partial charge in [0, 0.05) is 13.2 Å². The summed E-state index contributed by atoms with van der Waals surface area (Å²) in [4.78, 5) is 0. The predicted molar refractivity (Wildman–Crippen MR) is 81.6 cm³/mol. The van der Waals surface area contributed by atoms with Gasteiger partial charge in [0.1, 0.15) is 0 Å². The van der Waals surface area contributed by atoms with Crippen LogP contribution in [0.4, 0.5) is 0 Å². The summed E-state index contributed by atoms with van der Waals surface area (Å²) in [5.41, 5.74) is 2.17. The predicted octanol–water partition coefficient (Wildman–Crippen LogP) is 4.65. The van der Waals surface area contributed by atoms with Crippen molar-refractivity contribution in [1.82, 2.24) is 0 Å². The molecule has 2 rings (SSSR count). The first-order valence-corrected chi connectivity index (χ1v) is 7.91. The van der Waals surface area contributed by atoms with Crippen molar-refractivity contribution in [3.05, 3.63) is 35.4 Å². The molecule has 0 amide bonds. The molecule has 1 aliphatic carbocycles. The summed E-state index contributed by atoms with van der Waals surface area (Å²) in [5.74, 6) is 1.54. The summed E-state index contributed by atoms with van der Waals surface area (Å²) < 4.78 is 5.59. The average Bonchev–Trinajstić information content (AvgIpc) is 2.52. The number of rotatable bonds is 6. The van der Waals surface area contributed by atoms with Gasteiger partial charge in [0.05, 0.1) is 11.6 Å². The Morgan fingerprint density at radius 1 is 1.10 bits per heavy atom. The van der Waals surface area contributed by atoms with Gasteiger partial charge in [0.2, 0.25) is 0 Å². The Morgan fingerprint density at radius 3 is 2.40 bits per heavy atom. The van der Waals surface area contributed by atoms with Crippen LogP contribution >= 0.6 is 0 Å². The second-order valence-corrected chi connectivity index (χ2v) is 5.85. The average molecular weight is 271 g/mol. The summed E-state index contributed by atoms with van der Waals surface area (Å²) >= 11 is 0. The van der Waals surface area contributed by atoms with Crippen molar-refractivity contribution in [2.24, 2.45) is 5.92 Å². The minimum atomic E-state index is 0.690. The molecule has 1 aromatic carbocycles. The molecule has 0 radical (unpaired) electrons. The molecule has 20 heavy (non-hydrogen) atoms. The van der Waals surface area contributed by atoms with E-state index in [0.29, 0.717) is 5.92 Å². The molecule has 2 heteroatoms. The Morgan fingerprint density at radius 2 is 1.80 bits per heavy atom. The van der Waals surface area contributed by atoms with Gasteiger partial charge in [-0.1, -0.05) is 19.1 Å². The minimum Gasteiger partial charge on any atom is -0.381 e. The van der Waals surface area contributed by atoms with Gasteiger partial charge in [-0.05, 0) is 68.1 Å². The second kappa shape index (κ2) is 8.07. The highest BCUT2D eigenvalue weighted by molar-refractivity contribution is 5.33. The third-order valence-electron chi connectivity index (χ3n) is 4.38. The standard InChI is InChI=1S/C18H25NO/c1-2-12-20-13-11-15-3-7-17(8-4-15)18-9-5-16(14-19)6-10-18/h5-6,9-10,15,17H,2-4,7-8,11-13H2,1H3. The molecule has 0 saturated heterocycles. The molecule has 0 aliphatic heterocycles. The summed E-state index contributed by atoms with van der Waals surface area (Å²) in [7, 11) is 0. The molecular weight excluding hydrogens is 246 g/mol. The zero-order valence-electron chi connectivity index (χ0n) is 12.5. The van der Waals surface area contributed by atoms with Crippen LogP contribution in [-0.2, 0) is 4.74 Å². The largest absolute Gasteiger partial charge is 0.381 e. The number of nitriles is 1. The van der Waals surface area contributed by atoms with Crippen LogP contribution in [0.3, 0.4) is 0 Å². The molecule has 1 fully saturated rings. The van der Waals surface area contributed by atoms with E-state index in [9.17, 15) is 0 Å². The van der Waals surface area contributed by atoms with Crippen LogP contribution in [0.1, 0.15) is 62.5 Å². The van der Waals surface area contributed by atoms with Crippen LogP contribution in [0.5, 0.6) is 0 Å². The van der Waals surface area contributed by atoms with Gasteiger partial charge in [0.15, 0.2) is 0 Å². The lowest BCUT2D eigenvalue weighted by Gasteiger charge is -2.28. The maximum absolute atomic E-state index is 8.83. The lowest BCUT2D eigenvalue weighted by Crippen LogP contribution is -2.15. The molecule has 0 N–H and O–H groups in total. The first kappa shape index (κ1) is 15.1. The van der Waals surface area contributed by atoms with Crippen LogP contribution in [0.25, 0.3) is 0 Å². The van der Waals surface area contributed by atoms with Crippen molar-refractivity contribution in [3.8, 4) is 6.07 Å². The molecule has 2 nitrogen and oxygen atoms in total. The van der Waals surface area contributed by atoms with E-state index in [4.69, 9.17) is 10.00 Å². The molecule has 0 atom stereocenters. The minimum absolute atomic E-state index is 0.690. The number of nitrogens with zero attached hydrogens (tertiary/aromatic N) is 1. The van der Waals surface area contributed by atoms with Gasteiger partial charge in [-0.25, -0.2) is 0 Å². The van der Waals surface area contributed by atoms with E-state index in [0.717, 1.165) is 31.1 Å². The van der Waals surface area contributed by atoms with E-state index in [1.54, 1.807) is 0 Å². The second-order valence-electron chi connectivity index (χ2n) is 5.85. The topological polar surface area (TPSA) is 33.0 Å². The van der Waals surface area contributed by atoms with Crippen LogP contribution in [0.2, 0.25) is 0 Å². The van der Waals surface area contributed by atoms with Crippen LogP contribution in [0.15, 0.2) is 24.3 Å². The number of hydrogen-bond acceptors (Lipinski definition) is 2. The molecule has 0 unspecified atom stereocenters. The summed E-state index contributed by atoms with van der Waals surface area (Å²) in [5, 5.41) is 8.83. The molecule has 1 saturated carbocycles. The summed E-state index contributed by atoms with van der Waals surface area (Å²) in [6.45, 7) is 3.99. The third kappa shape index (κ3) is 4.35. The summed E-state index contributed by atoms with van der Waals surface area (Å²) in [6.07, 6.45) is 7.54. The van der Waals surface area contributed by atoms with Gasteiger partial charge in [-0.15, -0.1) is 0 Å². The lowest BCUT2D eigenvalue weighted by molar-refractivity contribution is 0.113. The molecule has 1 aromatic rings. The zero-order valence-corrected chi connectivity index (χ0v) is 12.5. The molecular formula is C18H25NO. The highest BCUT2D eigenvalue weighted by Gasteiger charge is 2.22. The van der Waals surface area contributed by atoms with E-state index in [-0.39, 0.29) is 0 Å². The monoisotopic (exact) mass is 271 g/mol. The molecule has 0 spiro atoms. The Labute approximate surface area is 122 Å². The van der Waals surface area contributed by atoms with Crippen molar-refractivity contribution >= 4 is 0 Å². The molecule has 0 bridgehead atoms. The Bertz CT molecular complexity index is 424. The van der Waals surface area contributed by atoms with Gasteiger partial charge < -0.3 is 4.74 Å². The zero-order chi connectivity index (χ0) is 14.2. The summed E-state index contributed by atoms with van der Waals surface area (Å²) in [6, 6.07) is 10.3. The maximum atomic E-state index is 8.83. The van der Waals surface area contributed by atoms with Gasteiger partial charge in [0.25, 0.3) is 0 Å². The first-order valence-electron chi connectivity index (χ1n) is 7.91. The van der Waals surface area contributed by atoms with Crippen LogP contribution < -0.4 is 0 Å². The first-order chi connectivity index (χ1) is 9.83. The van der Waals surface area contributed by atoms with E-state index in [1.165, 1.54) is 37.7 Å². The molecule has 1 aliphatic rings. The maximum Gasteiger partial charge on any atom is 0.0991 e. The van der Waals surface area contributed by atoms with Crippen molar-refractivity contribution in [1.29, 1.82) is 5.26 Å². The number of benzene rings is 1. The highest BCUT2D eigenvalue weighted by atomic mass is 16.5. The van der Waals surface area contributed by atoms with Crippen molar-refractivity contribution < 1.29 is 4.74 Å². The van der Waals surface area contributed by atoms with Crippen molar-refractivity contribution in [2.45, 2.75) is 51.4 Å². The van der Waals surface area contributed by atoms with Gasteiger partial charge in [-0.3, -0.25) is 0 Å². The fourth-order valence-electron chi connectivity index (χ4n) is 3.11. The van der Waals surface area contributed by atoms with Crippen molar-refractivity contribution in [3.63, 3.8) is 0 Å². The van der Waals surface area contributed by atoms with E-state index < -0.39 is 0 Å².